The summed E-state index contributed by atoms with van der Waals surface area (Å²) in [7, 11) is 0. The van der Waals surface area contributed by atoms with Gasteiger partial charge in [-0.1, -0.05) is 32.1 Å². The Bertz CT molecular complexity index is 315. The highest BCUT2D eigenvalue weighted by Gasteiger charge is 2.34. The molecule has 1 unspecified atom stereocenters. The van der Waals surface area contributed by atoms with Crippen LogP contribution < -0.4 is 0 Å². The highest BCUT2D eigenvalue weighted by Crippen LogP contribution is 2.28. The fourth-order valence-corrected chi connectivity index (χ4v) is 4.01. The summed E-state index contributed by atoms with van der Waals surface area (Å²) in [5.74, 6) is 0.913. The molecule has 5 heteroatoms. The number of thioether (sulfide) groups is 1. The number of hydrogen-bond acceptors (Lipinski definition) is 3. The van der Waals surface area contributed by atoms with Gasteiger partial charge in [0.15, 0.2) is 0 Å². The van der Waals surface area contributed by atoms with Gasteiger partial charge in [0.05, 0.1) is 5.88 Å². The van der Waals surface area contributed by atoms with Crippen LogP contribution in [-0.4, -0.2) is 39.6 Å². The summed E-state index contributed by atoms with van der Waals surface area (Å²) in [5.41, 5.74) is 0. The van der Waals surface area contributed by atoms with E-state index in [1.54, 1.807) is 0 Å². The third-order valence-corrected chi connectivity index (χ3v) is 4.99. The van der Waals surface area contributed by atoms with Crippen molar-refractivity contribution in [3.63, 3.8) is 0 Å². The van der Waals surface area contributed by atoms with Crippen molar-refractivity contribution in [2.24, 2.45) is 5.92 Å². The molecule has 0 bridgehead atoms. The van der Waals surface area contributed by atoms with Crippen molar-refractivity contribution in [2.45, 2.75) is 51.0 Å². The molecule has 2 fully saturated rings. The molecule has 0 aromatic carbocycles. The molecule has 1 saturated carbocycles. The zero-order chi connectivity index (χ0) is 13.0. The Morgan fingerprint density at radius 3 is 2.61 bits per heavy atom. The van der Waals surface area contributed by atoms with Gasteiger partial charge in [-0.2, -0.15) is 0 Å². The van der Waals surface area contributed by atoms with Gasteiger partial charge in [0.25, 0.3) is 0 Å². The van der Waals surface area contributed by atoms with Crippen molar-refractivity contribution < 1.29 is 14.7 Å². The largest absolute Gasteiger partial charge is 0.480 e. The maximum atomic E-state index is 12.1. The quantitative estimate of drug-likeness (QED) is 0.852. The lowest BCUT2D eigenvalue weighted by atomic mass is 9.86. The van der Waals surface area contributed by atoms with Crippen molar-refractivity contribution >= 4 is 23.6 Å². The minimum absolute atomic E-state index is 0.0259. The highest BCUT2D eigenvalue weighted by molar-refractivity contribution is 7.99. The number of nitrogens with zero attached hydrogens (tertiary/aromatic N) is 1. The third kappa shape index (κ3) is 3.40. The van der Waals surface area contributed by atoms with Gasteiger partial charge in [-0.15, -0.1) is 11.8 Å². The van der Waals surface area contributed by atoms with E-state index in [0.29, 0.717) is 24.0 Å². The Morgan fingerprint density at radius 1 is 1.22 bits per heavy atom. The summed E-state index contributed by atoms with van der Waals surface area (Å²) >= 11 is 1.53. The van der Waals surface area contributed by atoms with Crippen molar-refractivity contribution in [1.29, 1.82) is 0 Å². The van der Waals surface area contributed by atoms with E-state index in [9.17, 15) is 9.59 Å². The van der Waals surface area contributed by atoms with E-state index in [0.717, 1.165) is 6.42 Å². The number of carbonyl (C=O) groups excluding carboxylic acids is 1. The number of carboxylic acid groups (broad SMARTS) is 1. The topological polar surface area (TPSA) is 57.6 Å². The minimum atomic E-state index is -0.869. The van der Waals surface area contributed by atoms with Crippen molar-refractivity contribution in [2.75, 3.05) is 11.6 Å². The van der Waals surface area contributed by atoms with Crippen molar-refractivity contribution in [3.05, 3.63) is 0 Å². The van der Waals surface area contributed by atoms with Gasteiger partial charge < -0.3 is 10.0 Å². The van der Waals surface area contributed by atoms with Gasteiger partial charge in [-0.3, -0.25) is 4.79 Å². The molecule has 0 radical (unpaired) electrons. The van der Waals surface area contributed by atoms with Gasteiger partial charge >= 0.3 is 5.97 Å². The molecule has 1 N–H and O–H groups in total. The summed E-state index contributed by atoms with van der Waals surface area (Å²) in [6.45, 7) is 0. The van der Waals surface area contributed by atoms with Crippen LogP contribution in [0, 0.1) is 5.92 Å². The lowest BCUT2D eigenvalue weighted by Crippen LogP contribution is -2.41. The smallest absolute Gasteiger partial charge is 0.327 e. The fraction of sp³-hybridized carbons (Fsp3) is 0.846. The van der Waals surface area contributed by atoms with Crippen LogP contribution in [0.15, 0.2) is 0 Å². The molecule has 1 aliphatic carbocycles. The summed E-state index contributed by atoms with van der Waals surface area (Å²) in [5, 5.41) is 9.04. The first kappa shape index (κ1) is 13.7. The van der Waals surface area contributed by atoms with Gasteiger partial charge in [0.1, 0.15) is 6.04 Å². The standard InChI is InChI=1S/C13H21NO3S/c15-12(7-6-10-4-2-1-3-5-10)14-9-18-8-11(14)13(16)17/h10-11H,1-9H2,(H,16,17). The lowest BCUT2D eigenvalue weighted by Gasteiger charge is -2.24. The fourth-order valence-electron chi connectivity index (χ4n) is 2.84. The van der Waals surface area contributed by atoms with E-state index in [1.807, 2.05) is 0 Å². The van der Waals surface area contributed by atoms with E-state index in [2.05, 4.69) is 0 Å². The van der Waals surface area contributed by atoms with Crippen LogP contribution in [0.1, 0.15) is 44.9 Å². The number of amides is 1. The van der Waals surface area contributed by atoms with E-state index >= 15 is 0 Å². The van der Waals surface area contributed by atoms with E-state index in [-0.39, 0.29) is 5.91 Å². The Kier molecular flexibility index (Phi) is 4.92. The first-order valence-electron chi connectivity index (χ1n) is 6.78. The highest BCUT2D eigenvalue weighted by atomic mass is 32.2. The number of rotatable bonds is 4. The molecule has 102 valence electrons. The van der Waals surface area contributed by atoms with Crippen molar-refractivity contribution in [1.82, 2.24) is 4.90 Å². The molecule has 1 amide bonds. The Balaban J connectivity index is 1.78. The van der Waals surface area contributed by atoms with E-state index < -0.39 is 12.0 Å². The average molecular weight is 271 g/mol. The van der Waals surface area contributed by atoms with Crippen LogP contribution in [0.25, 0.3) is 0 Å². The number of aliphatic carboxylic acids is 1. The molecule has 4 nitrogen and oxygen atoms in total. The van der Waals surface area contributed by atoms with Crippen LogP contribution in [0.3, 0.4) is 0 Å². The number of carboxylic acids is 1. The maximum Gasteiger partial charge on any atom is 0.327 e. The molecule has 18 heavy (non-hydrogen) atoms. The van der Waals surface area contributed by atoms with E-state index in [4.69, 9.17) is 5.11 Å². The van der Waals surface area contributed by atoms with Crippen LogP contribution >= 0.6 is 11.8 Å². The zero-order valence-corrected chi connectivity index (χ0v) is 11.5. The Hall–Kier alpha value is -0.710. The van der Waals surface area contributed by atoms with Gasteiger partial charge in [0.2, 0.25) is 5.91 Å². The van der Waals surface area contributed by atoms with Gasteiger partial charge in [-0.25, -0.2) is 4.79 Å². The molecule has 2 rings (SSSR count). The molecule has 1 atom stereocenters. The predicted octanol–water partition coefficient (Wildman–Crippen LogP) is 2.33. The number of carbonyl (C=O) groups is 2. The third-order valence-electron chi connectivity index (χ3n) is 3.98. The number of hydrogen-bond donors (Lipinski definition) is 1. The Labute approximate surface area is 112 Å². The maximum absolute atomic E-state index is 12.1. The molecule has 0 aromatic rings. The zero-order valence-electron chi connectivity index (χ0n) is 10.6. The van der Waals surface area contributed by atoms with Gasteiger partial charge in [0, 0.05) is 12.2 Å². The first-order chi connectivity index (χ1) is 8.68. The lowest BCUT2D eigenvalue weighted by molar-refractivity contribution is -0.147. The average Bonchev–Trinajstić information content (AvgIpc) is 2.86. The molecule has 1 aliphatic heterocycles. The van der Waals surface area contributed by atoms with Crippen LogP contribution in [0.2, 0.25) is 0 Å². The predicted molar refractivity (Wildman–Crippen MR) is 71.4 cm³/mol. The van der Waals surface area contributed by atoms with Crippen LogP contribution in [0.5, 0.6) is 0 Å². The van der Waals surface area contributed by atoms with Crippen LogP contribution in [0.4, 0.5) is 0 Å². The SMILES string of the molecule is O=C(O)C1CSCN1C(=O)CCC1CCCCC1. The molecular formula is C13H21NO3S. The van der Waals surface area contributed by atoms with Crippen molar-refractivity contribution in [3.8, 4) is 0 Å². The second-order valence-electron chi connectivity index (χ2n) is 5.26. The molecule has 2 aliphatic rings. The van der Waals surface area contributed by atoms with Gasteiger partial charge in [-0.05, 0) is 12.3 Å². The summed E-state index contributed by atoms with van der Waals surface area (Å²) in [6, 6.07) is -0.603. The normalized spacial score (nSPS) is 25.3. The Morgan fingerprint density at radius 2 is 1.94 bits per heavy atom. The second-order valence-corrected chi connectivity index (χ2v) is 6.26. The molecule has 1 saturated heterocycles. The summed E-state index contributed by atoms with van der Waals surface area (Å²) in [6.07, 6.45) is 7.84. The molecule has 0 spiro atoms. The summed E-state index contributed by atoms with van der Waals surface area (Å²) < 4.78 is 0. The molecule has 1 heterocycles. The monoisotopic (exact) mass is 271 g/mol. The molecular weight excluding hydrogens is 250 g/mol. The summed E-state index contributed by atoms with van der Waals surface area (Å²) in [4.78, 5) is 24.6. The van der Waals surface area contributed by atoms with E-state index in [1.165, 1.54) is 48.8 Å². The molecule has 0 aromatic heterocycles. The second kappa shape index (κ2) is 6.45. The first-order valence-corrected chi connectivity index (χ1v) is 7.94. The minimum Gasteiger partial charge on any atom is -0.480 e. The van der Waals surface area contributed by atoms with Crippen LogP contribution in [-0.2, 0) is 9.59 Å².